The monoisotopic (exact) mass is 346 g/mol. The number of aliphatic hydroxyl groups is 1. The second-order valence-electron chi connectivity index (χ2n) is 5.78. The van der Waals surface area contributed by atoms with E-state index in [1.807, 2.05) is 6.92 Å². The van der Waals surface area contributed by atoms with Crippen molar-refractivity contribution < 1.29 is 69.5 Å². The molecule has 2 unspecified atom stereocenters. The first-order chi connectivity index (χ1) is 9.38. The zero-order valence-electron chi connectivity index (χ0n) is 14.0. The molecule has 0 heterocycles. The molecule has 0 bridgehead atoms. The fourth-order valence-corrected chi connectivity index (χ4v) is 3.29. The third-order valence-corrected chi connectivity index (χ3v) is 5.15. The SMILES string of the molecule is CCC(CCCCCCCCCCC(C)O)S(=O)(=O)[O-].[K+]. The van der Waals surface area contributed by atoms with Crippen LogP contribution in [0.5, 0.6) is 0 Å². The second kappa shape index (κ2) is 15.1. The van der Waals surface area contributed by atoms with Gasteiger partial charge in [-0.15, -0.1) is 0 Å². The van der Waals surface area contributed by atoms with Gasteiger partial charge >= 0.3 is 51.4 Å². The Morgan fingerprint density at radius 1 is 0.905 bits per heavy atom. The predicted molar refractivity (Wildman–Crippen MR) is 81.6 cm³/mol. The molecule has 21 heavy (non-hydrogen) atoms. The Hall–Kier alpha value is 1.51. The van der Waals surface area contributed by atoms with Crippen LogP contribution in [0.2, 0.25) is 0 Å². The summed E-state index contributed by atoms with van der Waals surface area (Å²) >= 11 is 0. The molecule has 0 amide bonds. The maximum atomic E-state index is 10.9. The average Bonchev–Trinajstić information content (AvgIpc) is 2.34. The second-order valence-corrected chi connectivity index (χ2v) is 7.43. The van der Waals surface area contributed by atoms with Crippen LogP contribution in [0.4, 0.5) is 0 Å². The quantitative estimate of drug-likeness (QED) is 0.301. The van der Waals surface area contributed by atoms with Crippen LogP contribution in [0, 0.1) is 0 Å². The van der Waals surface area contributed by atoms with Crippen LogP contribution >= 0.6 is 0 Å². The van der Waals surface area contributed by atoms with Crippen molar-refractivity contribution >= 4 is 10.1 Å². The van der Waals surface area contributed by atoms with Gasteiger partial charge in [0.15, 0.2) is 0 Å². The number of unbranched alkanes of at least 4 members (excludes halogenated alkanes) is 7. The van der Waals surface area contributed by atoms with E-state index >= 15 is 0 Å². The van der Waals surface area contributed by atoms with E-state index in [0.29, 0.717) is 12.8 Å². The van der Waals surface area contributed by atoms with Gasteiger partial charge in [0, 0.05) is 5.25 Å². The van der Waals surface area contributed by atoms with E-state index in [9.17, 15) is 13.0 Å². The topological polar surface area (TPSA) is 77.4 Å². The third kappa shape index (κ3) is 16.2. The Labute approximate surface area is 173 Å². The van der Waals surface area contributed by atoms with Gasteiger partial charge in [-0.25, -0.2) is 8.42 Å². The van der Waals surface area contributed by atoms with Crippen molar-refractivity contribution in [1.29, 1.82) is 0 Å². The van der Waals surface area contributed by atoms with Crippen LogP contribution < -0.4 is 51.4 Å². The van der Waals surface area contributed by atoms with Gasteiger partial charge in [-0.3, -0.25) is 0 Å². The van der Waals surface area contributed by atoms with E-state index in [-0.39, 0.29) is 57.5 Å². The standard InChI is InChI=1S/C15H32O4S.K/c1-3-15(20(17,18)19)13-11-9-7-5-4-6-8-10-12-14(2)16;/h14-16H,3-13H2,1-2H3,(H,17,18,19);/q;+1/p-1. The van der Waals surface area contributed by atoms with E-state index < -0.39 is 15.4 Å². The fraction of sp³-hybridized carbons (Fsp3) is 1.00. The van der Waals surface area contributed by atoms with Crippen molar-refractivity contribution in [2.45, 2.75) is 95.8 Å². The zero-order chi connectivity index (χ0) is 15.4. The first kappa shape index (κ1) is 24.8. The van der Waals surface area contributed by atoms with Crippen LogP contribution in [0.15, 0.2) is 0 Å². The summed E-state index contributed by atoms with van der Waals surface area (Å²) < 4.78 is 32.7. The third-order valence-electron chi connectivity index (χ3n) is 3.76. The van der Waals surface area contributed by atoms with Crippen LogP contribution in [-0.2, 0) is 10.1 Å². The summed E-state index contributed by atoms with van der Waals surface area (Å²) in [5.74, 6) is 0. The molecule has 0 spiro atoms. The molecule has 0 aliphatic rings. The first-order valence-corrected chi connectivity index (χ1v) is 9.47. The minimum absolute atomic E-state index is 0. The number of hydrogen-bond acceptors (Lipinski definition) is 4. The molecule has 0 radical (unpaired) electrons. The van der Waals surface area contributed by atoms with Gasteiger partial charge in [-0.2, -0.15) is 0 Å². The van der Waals surface area contributed by atoms with Crippen molar-refractivity contribution in [3.8, 4) is 0 Å². The fourth-order valence-electron chi connectivity index (χ4n) is 2.43. The molecule has 0 saturated carbocycles. The summed E-state index contributed by atoms with van der Waals surface area (Å²) in [7, 11) is -4.10. The van der Waals surface area contributed by atoms with Gasteiger partial charge in [0.1, 0.15) is 0 Å². The van der Waals surface area contributed by atoms with Crippen molar-refractivity contribution in [3.63, 3.8) is 0 Å². The largest absolute Gasteiger partial charge is 1.00 e. The summed E-state index contributed by atoms with van der Waals surface area (Å²) in [5.41, 5.74) is 0. The van der Waals surface area contributed by atoms with Crippen LogP contribution in [0.1, 0.15) is 84.5 Å². The van der Waals surface area contributed by atoms with Gasteiger partial charge < -0.3 is 9.66 Å². The van der Waals surface area contributed by atoms with Crippen LogP contribution in [0.25, 0.3) is 0 Å². The smallest absolute Gasteiger partial charge is 0.748 e. The molecule has 0 aromatic heterocycles. The predicted octanol–water partition coefficient (Wildman–Crippen LogP) is 0.596. The van der Waals surface area contributed by atoms with Crippen molar-refractivity contribution in [1.82, 2.24) is 0 Å². The van der Waals surface area contributed by atoms with Crippen LogP contribution in [-0.4, -0.2) is 29.4 Å². The zero-order valence-corrected chi connectivity index (χ0v) is 18.0. The van der Waals surface area contributed by atoms with Crippen LogP contribution in [0.3, 0.4) is 0 Å². The normalized spacial score (nSPS) is 14.5. The van der Waals surface area contributed by atoms with Gasteiger partial charge in [-0.1, -0.05) is 58.3 Å². The van der Waals surface area contributed by atoms with E-state index in [0.717, 1.165) is 32.1 Å². The maximum Gasteiger partial charge on any atom is 1.00 e. The minimum atomic E-state index is -4.10. The molecule has 0 aromatic carbocycles. The Kier molecular flexibility index (Phi) is 17.8. The van der Waals surface area contributed by atoms with Gasteiger partial charge in [0.25, 0.3) is 0 Å². The molecule has 0 aliphatic carbocycles. The van der Waals surface area contributed by atoms with E-state index in [1.54, 1.807) is 6.92 Å². The Balaban J connectivity index is 0. The maximum absolute atomic E-state index is 10.9. The molecule has 122 valence electrons. The number of rotatable bonds is 13. The molecular formula is C15H31KO4S. The summed E-state index contributed by atoms with van der Waals surface area (Å²) in [6.45, 7) is 3.58. The Bertz CT molecular complexity index is 318. The van der Waals surface area contributed by atoms with E-state index in [1.165, 1.54) is 25.7 Å². The molecule has 2 atom stereocenters. The number of hydrogen-bond donors (Lipinski definition) is 1. The molecule has 0 saturated heterocycles. The summed E-state index contributed by atoms with van der Waals surface area (Å²) in [4.78, 5) is 0. The van der Waals surface area contributed by atoms with Crippen molar-refractivity contribution in [3.05, 3.63) is 0 Å². The Morgan fingerprint density at radius 3 is 1.62 bits per heavy atom. The molecule has 0 rings (SSSR count). The summed E-state index contributed by atoms with van der Waals surface area (Å²) in [5, 5.41) is 8.42. The van der Waals surface area contributed by atoms with Gasteiger partial charge in [0.2, 0.25) is 0 Å². The average molecular weight is 347 g/mol. The van der Waals surface area contributed by atoms with Crippen molar-refractivity contribution in [2.24, 2.45) is 0 Å². The van der Waals surface area contributed by atoms with Gasteiger partial charge in [0.05, 0.1) is 16.2 Å². The minimum Gasteiger partial charge on any atom is -0.748 e. The Morgan fingerprint density at radius 2 is 1.29 bits per heavy atom. The summed E-state index contributed by atoms with van der Waals surface area (Å²) in [6.07, 6.45) is 10.5. The molecule has 6 heteroatoms. The van der Waals surface area contributed by atoms with E-state index in [4.69, 9.17) is 5.11 Å². The first-order valence-electron chi connectivity index (χ1n) is 8.00. The van der Waals surface area contributed by atoms with Crippen molar-refractivity contribution in [2.75, 3.05) is 0 Å². The molecule has 0 fully saturated rings. The molecule has 1 N–H and O–H groups in total. The summed E-state index contributed by atoms with van der Waals surface area (Å²) in [6, 6.07) is 0. The molecule has 0 aromatic rings. The molecular weight excluding hydrogens is 315 g/mol. The van der Waals surface area contributed by atoms with Gasteiger partial charge in [-0.05, 0) is 26.2 Å². The number of aliphatic hydroxyl groups excluding tert-OH is 1. The molecule has 0 aliphatic heterocycles. The molecule has 4 nitrogen and oxygen atoms in total. The van der Waals surface area contributed by atoms with E-state index in [2.05, 4.69) is 0 Å².